The van der Waals surface area contributed by atoms with Crippen molar-refractivity contribution in [1.29, 1.82) is 0 Å². The fraction of sp³-hybridized carbons (Fsp3) is 0.350. The average molecular weight is 366 g/mol. The second-order valence-electron chi connectivity index (χ2n) is 6.82. The first-order valence-electron chi connectivity index (χ1n) is 9.10. The van der Waals surface area contributed by atoms with Gasteiger partial charge in [-0.05, 0) is 31.0 Å². The molecule has 1 saturated heterocycles. The van der Waals surface area contributed by atoms with Crippen molar-refractivity contribution < 1.29 is 9.53 Å². The molecule has 3 heterocycles. The van der Waals surface area contributed by atoms with Gasteiger partial charge in [0, 0.05) is 43.3 Å². The zero-order valence-electron chi connectivity index (χ0n) is 15.5. The van der Waals surface area contributed by atoms with Gasteiger partial charge in [0.05, 0.1) is 12.8 Å². The highest BCUT2D eigenvalue weighted by Gasteiger charge is 2.20. The number of aryl methyl sites for hydroxylation is 1. The number of methoxy groups -OCH3 is 1. The van der Waals surface area contributed by atoms with Gasteiger partial charge >= 0.3 is 0 Å². The Morgan fingerprint density at radius 3 is 2.67 bits per heavy atom. The van der Waals surface area contributed by atoms with Gasteiger partial charge in [-0.15, -0.1) is 0 Å². The number of nitrogens with zero attached hydrogens (tertiary/aromatic N) is 3. The van der Waals surface area contributed by atoms with Gasteiger partial charge in [0.1, 0.15) is 5.75 Å². The number of fused-ring (bicyclic) bond motifs is 1. The number of aromatic amines is 1. The van der Waals surface area contributed by atoms with Gasteiger partial charge in [0.2, 0.25) is 5.91 Å². The van der Waals surface area contributed by atoms with E-state index in [2.05, 4.69) is 5.10 Å². The lowest BCUT2D eigenvalue weighted by molar-refractivity contribution is -0.127. The summed E-state index contributed by atoms with van der Waals surface area (Å²) in [5, 5.41) is 3.10. The van der Waals surface area contributed by atoms with Gasteiger partial charge in [-0.1, -0.05) is 12.1 Å². The van der Waals surface area contributed by atoms with Crippen LogP contribution in [-0.4, -0.2) is 45.6 Å². The molecule has 1 fully saturated rings. The van der Waals surface area contributed by atoms with E-state index < -0.39 is 0 Å². The van der Waals surface area contributed by atoms with Crippen molar-refractivity contribution in [3.8, 4) is 16.9 Å². The summed E-state index contributed by atoms with van der Waals surface area (Å²) in [6.07, 6.45) is 2.10. The Balaban J connectivity index is 1.71. The van der Waals surface area contributed by atoms with E-state index >= 15 is 0 Å². The molecule has 140 valence electrons. The van der Waals surface area contributed by atoms with E-state index in [0.717, 1.165) is 35.5 Å². The number of hydrogen-bond acceptors (Lipinski definition) is 4. The normalized spacial score (nSPS) is 14.3. The first-order valence-corrected chi connectivity index (χ1v) is 9.10. The number of carbonyl (C=O) groups excluding carboxylic acids is 1. The summed E-state index contributed by atoms with van der Waals surface area (Å²) < 4.78 is 6.69. The van der Waals surface area contributed by atoms with Crippen LogP contribution in [0.1, 0.15) is 24.2 Å². The third-order valence-electron chi connectivity index (χ3n) is 5.04. The Hall–Kier alpha value is -3.09. The first kappa shape index (κ1) is 17.3. The van der Waals surface area contributed by atoms with Crippen molar-refractivity contribution in [3.05, 3.63) is 52.1 Å². The molecule has 27 heavy (non-hydrogen) atoms. The Bertz CT molecular complexity index is 1050. The maximum Gasteiger partial charge on any atom is 0.272 e. The molecule has 7 nitrogen and oxygen atoms in total. The molecule has 0 atom stereocenters. The molecule has 1 aromatic carbocycles. The number of benzene rings is 1. The summed E-state index contributed by atoms with van der Waals surface area (Å²) in [7, 11) is 1.63. The Labute approximate surface area is 156 Å². The largest absolute Gasteiger partial charge is 0.497 e. The van der Waals surface area contributed by atoms with Crippen molar-refractivity contribution in [3.63, 3.8) is 0 Å². The topological polar surface area (TPSA) is 79.7 Å². The van der Waals surface area contributed by atoms with Gasteiger partial charge in [0.25, 0.3) is 5.56 Å². The van der Waals surface area contributed by atoms with Gasteiger partial charge in [-0.2, -0.15) is 0 Å². The fourth-order valence-electron chi connectivity index (χ4n) is 3.62. The van der Waals surface area contributed by atoms with Crippen LogP contribution in [0.4, 0.5) is 0 Å². The van der Waals surface area contributed by atoms with Crippen LogP contribution in [-0.2, 0) is 11.2 Å². The summed E-state index contributed by atoms with van der Waals surface area (Å²) in [6.45, 7) is 3.32. The molecular weight excluding hydrogens is 344 g/mol. The monoisotopic (exact) mass is 366 g/mol. The second kappa shape index (κ2) is 6.90. The molecule has 0 spiro atoms. The fourth-order valence-corrected chi connectivity index (χ4v) is 3.62. The maximum absolute atomic E-state index is 12.5. The number of ether oxygens (including phenoxy) is 1. The van der Waals surface area contributed by atoms with Crippen LogP contribution < -0.4 is 10.3 Å². The zero-order valence-corrected chi connectivity index (χ0v) is 15.5. The molecule has 0 radical (unpaired) electrons. The molecular formula is C20H22N4O3. The summed E-state index contributed by atoms with van der Waals surface area (Å²) in [4.78, 5) is 30.9. The van der Waals surface area contributed by atoms with Gasteiger partial charge in [0.15, 0.2) is 5.65 Å². The van der Waals surface area contributed by atoms with Crippen molar-refractivity contribution in [2.45, 2.75) is 26.2 Å². The molecule has 0 aliphatic carbocycles. The summed E-state index contributed by atoms with van der Waals surface area (Å²) in [5.74, 6) is 0.960. The van der Waals surface area contributed by atoms with Crippen LogP contribution in [0.5, 0.6) is 5.75 Å². The maximum atomic E-state index is 12.5. The standard InChI is InChI=1S/C20H22N4O3/c1-13-19(14-5-7-16(27-2)8-6-14)20-21-15(12-18(26)24(20)22-13)9-11-23-10-3-4-17(23)25/h5-8,12,22H,3-4,9-11H2,1-2H3. The molecule has 0 bridgehead atoms. The number of likely N-dealkylation sites (tertiary alicyclic amines) is 1. The summed E-state index contributed by atoms with van der Waals surface area (Å²) >= 11 is 0. The van der Waals surface area contributed by atoms with Crippen LogP contribution in [0, 0.1) is 6.92 Å². The minimum absolute atomic E-state index is 0.148. The molecule has 1 aliphatic rings. The number of amides is 1. The first-order chi connectivity index (χ1) is 13.1. The Kier molecular flexibility index (Phi) is 4.43. The van der Waals surface area contributed by atoms with Gasteiger partial charge in [-0.25, -0.2) is 9.50 Å². The second-order valence-corrected chi connectivity index (χ2v) is 6.82. The predicted molar refractivity (Wildman–Crippen MR) is 102 cm³/mol. The van der Waals surface area contributed by atoms with Crippen LogP contribution in [0.3, 0.4) is 0 Å². The Morgan fingerprint density at radius 1 is 1.22 bits per heavy atom. The predicted octanol–water partition coefficient (Wildman–Crippen LogP) is 2.17. The van der Waals surface area contributed by atoms with E-state index in [9.17, 15) is 9.59 Å². The summed E-state index contributed by atoms with van der Waals surface area (Å²) in [6, 6.07) is 9.23. The quantitative estimate of drug-likeness (QED) is 0.751. The third-order valence-corrected chi connectivity index (χ3v) is 5.04. The minimum Gasteiger partial charge on any atom is -0.497 e. The number of nitrogens with one attached hydrogen (secondary N) is 1. The number of aromatic nitrogens is 3. The van der Waals surface area contributed by atoms with Gasteiger partial charge in [-0.3, -0.25) is 14.7 Å². The lowest BCUT2D eigenvalue weighted by atomic mass is 10.1. The van der Waals surface area contributed by atoms with Crippen molar-refractivity contribution in [1.82, 2.24) is 19.5 Å². The molecule has 0 unspecified atom stereocenters. The average Bonchev–Trinajstić information content (AvgIpc) is 3.23. The molecule has 3 aromatic rings. The van der Waals surface area contributed by atoms with E-state index in [1.54, 1.807) is 13.2 Å². The molecule has 1 aliphatic heterocycles. The van der Waals surface area contributed by atoms with E-state index in [-0.39, 0.29) is 11.5 Å². The number of carbonyl (C=O) groups is 1. The van der Waals surface area contributed by atoms with Crippen molar-refractivity contribution >= 4 is 11.6 Å². The highest BCUT2D eigenvalue weighted by Crippen LogP contribution is 2.28. The van der Waals surface area contributed by atoms with E-state index in [1.165, 1.54) is 4.52 Å². The summed E-state index contributed by atoms with van der Waals surface area (Å²) in [5.41, 5.74) is 3.89. The lowest BCUT2D eigenvalue weighted by Crippen LogP contribution is -2.27. The Morgan fingerprint density at radius 2 is 2.00 bits per heavy atom. The smallest absolute Gasteiger partial charge is 0.272 e. The molecule has 1 N–H and O–H groups in total. The van der Waals surface area contributed by atoms with Crippen LogP contribution in [0.15, 0.2) is 35.1 Å². The number of hydrogen-bond donors (Lipinski definition) is 1. The molecule has 0 saturated carbocycles. The van der Waals surface area contributed by atoms with Crippen LogP contribution >= 0.6 is 0 Å². The molecule has 7 heteroatoms. The highest BCUT2D eigenvalue weighted by molar-refractivity contribution is 5.80. The molecule has 2 aromatic heterocycles. The zero-order chi connectivity index (χ0) is 19.0. The number of H-pyrrole nitrogens is 1. The SMILES string of the molecule is COc1ccc(-c2c(C)[nH]n3c(=O)cc(CCN4CCCC4=O)nc23)cc1. The molecule has 4 rings (SSSR count). The van der Waals surface area contributed by atoms with Crippen molar-refractivity contribution in [2.24, 2.45) is 0 Å². The lowest BCUT2D eigenvalue weighted by Gasteiger charge is -2.14. The van der Waals surface area contributed by atoms with Crippen molar-refractivity contribution in [2.75, 3.05) is 20.2 Å². The van der Waals surface area contributed by atoms with E-state index in [4.69, 9.17) is 9.72 Å². The van der Waals surface area contributed by atoms with Crippen LogP contribution in [0.2, 0.25) is 0 Å². The minimum atomic E-state index is -0.148. The van der Waals surface area contributed by atoms with E-state index in [0.29, 0.717) is 30.7 Å². The number of rotatable bonds is 5. The molecule has 1 amide bonds. The van der Waals surface area contributed by atoms with Crippen LogP contribution in [0.25, 0.3) is 16.8 Å². The van der Waals surface area contributed by atoms with E-state index in [1.807, 2.05) is 36.1 Å². The van der Waals surface area contributed by atoms with Gasteiger partial charge < -0.3 is 9.64 Å². The highest BCUT2D eigenvalue weighted by atomic mass is 16.5. The third kappa shape index (κ3) is 3.20.